The minimum atomic E-state index is 0.262. The van der Waals surface area contributed by atoms with Crippen LogP contribution < -0.4 is 4.90 Å². The maximum Gasteiger partial charge on any atom is 0.135 e. The maximum atomic E-state index is 9.04. The highest BCUT2D eigenvalue weighted by Gasteiger charge is 2.26. The molecule has 1 aromatic carbocycles. The molecule has 2 heterocycles. The second kappa shape index (κ2) is 5.36. The summed E-state index contributed by atoms with van der Waals surface area (Å²) >= 11 is 0. The average molecular weight is 255 g/mol. The van der Waals surface area contributed by atoms with Crippen molar-refractivity contribution in [2.24, 2.45) is 5.92 Å². The molecule has 1 N–H and O–H groups in total. The van der Waals surface area contributed by atoms with Gasteiger partial charge in [0.05, 0.1) is 0 Å². The fraction of sp³-hybridized carbons (Fsp3) is 0.333. The van der Waals surface area contributed by atoms with Crippen LogP contribution in [0.15, 0.2) is 42.6 Å². The van der Waals surface area contributed by atoms with E-state index in [1.807, 2.05) is 30.5 Å². The van der Waals surface area contributed by atoms with Gasteiger partial charge in [0.15, 0.2) is 0 Å². The fourth-order valence-corrected chi connectivity index (χ4v) is 2.30. The number of hydrogen-bond acceptors (Lipinski definition) is 4. The molecule has 0 saturated carbocycles. The first-order valence-electron chi connectivity index (χ1n) is 6.57. The number of benzene rings is 1. The summed E-state index contributed by atoms with van der Waals surface area (Å²) in [5.74, 6) is 2.20. The third-order valence-corrected chi connectivity index (χ3v) is 3.44. The summed E-state index contributed by atoms with van der Waals surface area (Å²) in [4.78, 5) is 11.1. The predicted molar refractivity (Wildman–Crippen MR) is 74.1 cm³/mol. The molecular weight excluding hydrogens is 238 g/mol. The molecule has 4 heteroatoms. The van der Waals surface area contributed by atoms with E-state index < -0.39 is 0 Å². The molecule has 2 aromatic rings. The van der Waals surface area contributed by atoms with Crippen LogP contribution in [0.5, 0.6) is 0 Å². The summed E-state index contributed by atoms with van der Waals surface area (Å²) < 4.78 is 0. The Morgan fingerprint density at radius 3 is 2.68 bits per heavy atom. The van der Waals surface area contributed by atoms with E-state index in [4.69, 9.17) is 5.11 Å². The minimum absolute atomic E-state index is 0.262. The Bertz CT molecular complexity index is 538. The molecule has 0 aliphatic carbocycles. The Kier molecular flexibility index (Phi) is 3.42. The zero-order chi connectivity index (χ0) is 13.1. The standard InChI is InChI=1S/C15H17N3O/c19-11-13-9-18(10-13)15-6-7-16-14(17-15)8-12-4-2-1-3-5-12/h1-7,13,19H,8-11H2. The van der Waals surface area contributed by atoms with E-state index >= 15 is 0 Å². The number of anilines is 1. The topological polar surface area (TPSA) is 49.2 Å². The van der Waals surface area contributed by atoms with Crippen molar-refractivity contribution in [2.45, 2.75) is 6.42 Å². The van der Waals surface area contributed by atoms with Crippen molar-refractivity contribution in [1.29, 1.82) is 0 Å². The predicted octanol–water partition coefficient (Wildman–Crippen LogP) is 1.50. The highest BCUT2D eigenvalue weighted by Crippen LogP contribution is 2.22. The van der Waals surface area contributed by atoms with Gasteiger partial charge < -0.3 is 10.0 Å². The van der Waals surface area contributed by atoms with Gasteiger partial charge in [-0.2, -0.15) is 0 Å². The molecule has 0 spiro atoms. The van der Waals surface area contributed by atoms with Crippen molar-refractivity contribution in [3.8, 4) is 0 Å². The summed E-state index contributed by atoms with van der Waals surface area (Å²) in [5.41, 5.74) is 1.22. The van der Waals surface area contributed by atoms with Crippen LogP contribution in [0.4, 0.5) is 5.82 Å². The van der Waals surface area contributed by atoms with Crippen molar-refractivity contribution in [3.63, 3.8) is 0 Å². The van der Waals surface area contributed by atoms with Crippen molar-refractivity contribution in [3.05, 3.63) is 54.0 Å². The van der Waals surface area contributed by atoms with E-state index in [-0.39, 0.29) is 6.61 Å². The smallest absolute Gasteiger partial charge is 0.135 e. The van der Waals surface area contributed by atoms with Crippen LogP contribution in [0.1, 0.15) is 11.4 Å². The highest BCUT2D eigenvalue weighted by molar-refractivity contribution is 5.41. The molecule has 1 aliphatic rings. The molecule has 4 nitrogen and oxygen atoms in total. The molecule has 0 unspecified atom stereocenters. The third kappa shape index (κ3) is 2.74. The van der Waals surface area contributed by atoms with Crippen LogP contribution in [-0.2, 0) is 6.42 Å². The maximum absolute atomic E-state index is 9.04. The summed E-state index contributed by atoms with van der Waals surface area (Å²) in [6.07, 6.45) is 2.57. The van der Waals surface area contributed by atoms with Crippen LogP contribution in [0.2, 0.25) is 0 Å². The molecule has 0 bridgehead atoms. The molecule has 0 radical (unpaired) electrons. The van der Waals surface area contributed by atoms with Crippen LogP contribution in [-0.4, -0.2) is 34.8 Å². The van der Waals surface area contributed by atoms with Crippen LogP contribution in [0.25, 0.3) is 0 Å². The summed E-state index contributed by atoms with van der Waals surface area (Å²) in [7, 11) is 0. The van der Waals surface area contributed by atoms with Crippen molar-refractivity contribution in [2.75, 3.05) is 24.6 Å². The first kappa shape index (κ1) is 12.1. The minimum Gasteiger partial charge on any atom is -0.396 e. The number of nitrogens with zero attached hydrogens (tertiary/aromatic N) is 3. The molecule has 0 atom stereocenters. The number of rotatable bonds is 4. The van der Waals surface area contributed by atoms with Crippen molar-refractivity contribution < 1.29 is 5.11 Å². The van der Waals surface area contributed by atoms with Gasteiger partial charge in [0.25, 0.3) is 0 Å². The van der Waals surface area contributed by atoms with Gasteiger partial charge in [0.1, 0.15) is 11.6 Å². The Morgan fingerprint density at radius 1 is 1.16 bits per heavy atom. The largest absolute Gasteiger partial charge is 0.396 e. The third-order valence-electron chi connectivity index (χ3n) is 3.44. The molecule has 1 aliphatic heterocycles. The van der Waals surface area contributed by atoms with E-state index in [2.05, 4.69) is 27.0 Å². The number of hydrogen-bond donors (Lipinski definition) is 1. The van der Waals surface area contributed by atoms with Gasteiger partial charge in [-0.25, -0.2) is 9.97 Å². The second-order valence-electron chi connectivity index (χ2n) is 4.95. The normalized spacial score (nSPS) is 15.3. The molecular formula is C15H17N3O. The Hall–Kier alpha value is -1.94. The van der Waals surface area contributed by atoms with E-state index in [0.29, 0.717) is 5.92 Å². The summed E-state index contributed by atoms with van der Waals surface area (Å²) in [6, 6.07) is 12.2. The monoisotopic (exact) mass is 255 g/mol. The zero-order valence-corrected chi connectivity index (χ0v) is 10.7. The lowest BCUT2D eigenvalue weighted by Crippen LogP contribution is -2.48. The molecule has 1 saturated heterocycles. The van der Waals surface area contributed by atoms with Crippen LogP contribution in [0.3, 0.4) is 0 Å². The SMILES string of the molecule is OCC1CN(c2ccnc(Cc3ccccc3)n2)C1. The van der Waals surface area contributed by atoms with Crippen molar-refractivity contribution >= 4 is 5.82 Å². The summed E-state index contributed by atoms with van der Waals surface area (Å²) in [6.45, 7) is 2.04. The Labute approximate surface area is 112 Å². The molecule has 3 rings (SSSR count). The van der Waals surface area contributed by atoms with E-state index in [0.717, 1.165) is 31.2 Å². The molecule has 1 fully saturated rings. The molecule has 0 amide bonds. The lowest BCUT2D eigenvalue weighted by molar-refractivity contribution is 0.200. The van der Waals surface area contributed by atoms with Gasteiger partial charge in [-0.05, 0) is 11.6 Å². The van der Waals surface area contributed by atoms with Crippen LogP contribution >= 0.6 is 0 Å². The average Bonchev–Trinajstić information content (AvgIpc) is 2.39. The Morgan fingerprint density at radius 2 is 1.95 bits per heavy atom. The van der Waals surface area contributed by atoms with Gasteiger partial charge in [-0.1, -0.05) is 30.3 Å². The van der Waals surface area contributed by atoms with Gasteiger partial charge >= 0.3 is 0 Å². The number of aromatic nitrogens is 2. The fourth-order valence-electron chi connectivity index (χ4n) is 2.30. The van der Waals surface area contributed by atoms with E-state index in [1.54, 1.807) is 0 Å². The van der Waals surface area contributed by atoms with Gasteiger partial charge in [0, 0.05) is 38.2 Å². The molecule has 1 aromatic heterocycles. The quantitative estimate of drug-likeness (QED) is 0.899. The number of aliphatic hydroxyl groups is 1. The Balaban J connectivity index is 1.70. The molecule has 19 heavy (non-hydrogen) atoms. The second-order valence-corrected chi connectivity index (χ2v) is 4.95. The van der Waals surface area contributed by atoms with E-state index in [1.165, 1.54) is 5.56 Å². The van der Waals surface area contributed by atoms with Gasteiger partial charge in [-0.15, -0.1) is 0 Å². The number of aliphatic hydroxyl groups excluding tert-OH is 1. The van der Waals surface area contributed by atoms with Gasteiger partial charge in [0.2, 0.25) is 0 Å². The zero-order valence-electron chi connectivity index (χ0n) is 10.7. The molecule has 98 valence electrons. The highest BCUT2D eigenvalue weighted by atomic mass is 16.3. The van der Waals surface area contributed by atoms with Gasteiger partial charge in [-0.3, -0.25) is 0 Å². The summed E-state index contributed by atoms with van der Waals surface area (Å²) in [5, 5.41) is 9.04. The first-order chi connectivity index (χ1) is 9.35. The lowest BCUT2D eigenvalue weighted by atomic mass is 10.0. The first-order valence-corrected chi connectivity index (χ1v) is 6.57. The van der Waals surface area contributed by atoms with Crippen LogP contribution in [0, 0.1) is 5.92 Å². The van der Waals surface area contributed by atoms with Crippen molar-refractivity contribution in [1.82, 2.24) is 9.97 Å². The lowest BCUT2D eigenvalue weighted by Gasteiger charge is -2.39. The van der Waals surface area contributed by atoms with E-state index in [9.17, 15) is 0 Å².